The van der Waals surface area contributed by atoms with Gasteiger partial charge in [0.05, 0.1) is 0 Å². The fraction of sp³-hybridized carbons (Fsp3) is 0.800. The summed E-state index contributed by atoms with van der Waals surface area (Å²) in [4.78, 5) is 35.2. The van der Waals surface area contributed by atoms with Crippen molar-refractivity contribution in [1.29, 1.82) is 0 Å². The van der Waals surface area contributed by atoms with Gasteiger partial charge in [-0.25, -0.2) is 0 Å². The minimum atomic E-state index is -2.79. The summed E-state index contributed by atoms with van der Waals surface area (Å²) in [5.41, 5.74) is -2.79. The Morgan fingerprint density at radius 3 is 1.65 bits per heavy atom. The fourth-order valence-electron chi connectivity index (χ4n) is 3.60. The van der Waals surface area contributed by atoms with Gasteiger partial charge < -0.3 is 15.3 Å². The van der Waals surface area contributed by atoms with E-state index in [0.29, 0.717) is 6.42 Å². The number of rotatable bonds is 20. The van der Waals surface area contributed by atoms with E-state index in [4.69, 9.17) is 0 Å². The van der Waals surface area contributed by atoms with Crippen molar-refractivity contribution < 1.29 is 29.7 Å². The minimum Gasteiger partial charge on any atom is -0.382 e. The molecule has 0 fully saturated rings. The van der Waals surface area contributed by atoms with Crippen LogP contribution < -0.4 is 0 Å². The maximum absolute atomic E-state index is 12.2. The van der Waals surface area contributed by atoms with E-state index in [-0.39, 0.29) is 6.42 Å². The summed E-state index contributed by atoms with van der Waals surface area (Å²) in [5.74, 6) is -2.64. The van der Waals surface area contributed by atoms with Crippen LogP contribution in [0.5, 0.6) is 0 Å². The number of aliphatic hydroxyl groups excluding tert-OH is 2. The number of hydrogen-bond donors (Lipinski definition) is 3. The molecule has 180 valence electrons. The van der Waals surface area contributed by atoms with Gasteiger partial charge in [0.1, 0.15) is 0 Å². The molecule has 6 heteroatoms. The Kier molecular flexibility index (Phi) is 16.5. The van der Waals surface area contributed by atoms with Gasteiger partial charge in [-0.05, 0) is 46.0 Å². The van der Waals surface area contributed by atoms with Gasteiger partial charge in [0.2, 0.25) is 0 Å². The molecule has 0 aliphatic heterocycles. The monoisotopic (exact) mass is 440 g/mol. The van der Waals surface area contributed by atoms with E-state index in [1.165, 1.54) is 38.5 Å². The normalized spacial score (nSPS) is 15.5. The number of carbonyl (C=O) groups is 3. The van der Waals surface area contributed by atoms with Crippen molar-refractivity contribution in [3.05, 3.63) is 12.2 Å². The molecule has 0 aromatic heterocycles. The zero-order chi connectivity index (χ0) is 23.7. The minimum absolute atomic E-state index is 0.0143. The van der Waals surface area contributed by atoms with Gasteiger partial charge in [0.25, 0.3) is 0 Å². The molecule has 0 aliphatic carbocycles. The summed E-state index contributed by atoms with van der Waals surface area (Å²) >= 11 is 0. The third-order valence-corrected chi connectivity index (χ3v) is 5.77. The van der Waals surface area contributed by atoms with E-state index < -0.39 is 35.2 Å². The van der Waals surface area contributed by atoms with Crippen molar-refractivity contribution in [2.24, 2.45) is 0 Å². The first-order chi connectivity index (χ1) is 14.7. The Morgan fingerprint density at radius 1 is 0.742 bits per heavy atom. The van der Waals surface area contributed by atoms with E-state index in [2.05, 4.69) is 19.1 Å². The number of Topliss-reactive ketones (excluding diaryl/α,β-unsaturated/α-hetero) is 3. The maximum atomic E-state index is 12.2. The average molecular weight is 441 g/mol. The van der Waals surface area contributed by atoms with E-state index in [9.17, 15) is 29.7 Å². The standard InChI is InChI=1S/C25H44O6/c1-4-5-6-7-8-9-10-11-12-13-14-15-16-17-18-19-22(28)24(30)25(31,21(3)27)23(29)20(2)26/h11-12,23-24,29-31H,4-10,13-19H2,1-3H3. The lowest BCUT2D eigenvalue weighted by molar-refractivity contribution is -0.179. The Morgan fingerprint density at radius 2 is 1.19 bits per heavy atom. The van der Waals surface area contributed by atoms with Crippen LogP contribution in [0.25, 0.3) is 0 Å². The first-order valence-corrected chi connectivity index (χ1v) is 12.0. The second-order valence-corrected chi connectivity index (χ2v) is 8.60. The molecule has 0 aromatic rings. The second kappa shape index (κ2) is 17.2. The number of hydrogen-bond acceptors (Lipinski definition) is 6. The van der Waals surface area contributed by atoms with Crippen LogP contribution in [-0.4, -0.2) is 50.5 Å². The molecule has 0 rings (SSSR count). The van der Waals surface area contributed by atoms with Crippen molar-refractivity contribution in [2.75, 3.05) is 0 Å². The highest BCUT2D eigenvalue weighted by molar-refractivity contribution is 6.00. The third kappa shape index (κ3) is 11.7. The van der Waals surface area contributed by atoms with Crippen LogP contribution in [0, 0.1) is 0 Å². The summed E-state index contributed by atoms with van der Waals surface area (Å²) < 4.78 is 0. The van der Waals surface area contributed by atoms with E-state index in [1.54, 1.807) is 0 Å². The summed E-state index contributed by atoms with van der Waals surface area (Å²) in [6.07, 6.45) is 14.8. The van der Waals surface area contributed by atoms with Crippen LogP contribution >= 0.6 is 0 Å². The molecule has 0 saturated carbocycles. The van der Waals surface area contributed by atoms with E-state index in [0.717, 1.165) is 52.4 Å². The van der Waals surface area contributed by atoms with Gasteiger partial charge in [0, 0.05) is 6.42 Å². The molecule has 3 N–H and O–H groups in total. The smallest absolute Gasteiger partial charge is 0.188 e. The average Bonchev–Trinajstić information content (AvgIpc) is 2.74. The first-order valence-electron chi connectivity index (χ1n) is 12.0. The van der Waals surface area contributed by atoms with Crippen molar-refractivity contribution in [3.63, 3.8) is 0 Å². The van der Waals surface area contributed by atoms with Crippen molar-refractivity contribution in [3.8, 4) is 0 Å². The Balaban J connectivity index is 3.93. The highest BCUT2D eigenvalue weighted by Gasteiger charge is 2.51. The molecule has 0 aliphatic rings. The summed E-state index contributed by atoms with van der Waals surface area (Å²) in [5, 5.41) is 30.2. The molecule has 0 radical (unpaired) electrons. The van der Waals surface area contributed by atoms with Gasteiger partial charge in [-0.3, -0.25) is 14.4 Å². The molecule has 31 heavy (non-hydrogen) atoms. The SMILES string of the molecule is CCCCCCCCC=CCCCCCCCC(=O)C(O)C(O)(C(C)=O)C(O)C(C)=O. The highest BCUT2D eigenvalue weighted by atomic mass is 16.4. The van der Waals surface area contributed by atoms with Crippen molar-refractivity contribution >= 4 is 17.3 Å². The molecular formula is C25H44O6. The van der Waals surface area contributed by atoms with Gasteiger partial charge in [-0.2, -0.15) is 0 Å². The quantitative estimate of drug-likeness (QED) is 0.193. The van der Waals surface area contributed by atoms with E-state index >= 15 is 0 Å². The van der Waals surface area contributed by atoms with Crippen molar-refractivity contribution in [1.82, 2.24) is 0 Å². The van der Waals surface area contributed by atoms with Crippen LogP contribution in [0.1, 0.15) is 111 Å². The molecule has 0 aromatic carbocycles. The molecule has 3 unspecified atom stereocenters. The van der Waals surface area contributed by atoms with Crippen LogP contribution in [0.4, 0.5) is 0 Å². The first kappa shape index (κ1) is 29.6. The molecule has 0 amide bonds. The maximum Gasteiger partial charge on any atom is 0.188 e. The molecule has 3 atom stereocenters. The summed E-state index contributed by atoms with van der Waals surface area (Å²) in [7, 11) is 0. The topological polar surface area (TPSA) is 112 Å². The van der Waals surface area contributed by atoms with Crippen LogP contribution in [0.15, 0.2) is 12.2 Å². The predicted octanol–water partition coefficient (Wildman–Crippen LogP) is 4.22. The molecule has 0 bridgehead atoms. The van der Waals surface area contributed by atoms with Crippen LogP contribution in [-0.2, 0) is 14.4 Å². The lowest BCUT2D eigenvalue weighted by Crippen LogP contribution is -2.62. The third-order valence-electron chi connectivity index (χ3n) is 5.77. The molecule has 6 nitrogen and oxygen atoms in total. The second-order valence-electron chi connectivity index (χ2n) is 8.60. The zero-order valence-electron chi connectivity index (χ0n) is 19.8. The van der Waals surface area contributed by atoms with Crippen LogP contribution in [0.3, 0.4) is 0 Å². The van der Waals surface area contributed by atoms with E-state index in [1.807, 2.05) is 0 Å². The molecule has 0 spiro atoms. The molecular weight excluding hydrogens is 396 g/mol. The van der Waals surface area contributed by atoms with Gasteiger partial charge in [0.15, 0.2) is 35.2 Å². The Hall–Kier alpha value is -1.37. The molecule has 0 saturated heterocycles. The predicted molar refractivity (Wildman–Crippen MR) is 123 cm³/mol. The van der Waals surface area contributed by atoms with Gasteiger partial charge >= 0.3 is 0 Å². The largest absolute Gasteiger partial charge is 0.382 e. The van der Waals surface area contributed by atoms with Crippen molar-refractivity contribution in [2.45, 2.75) is 128 Å². The lowest BCUT2D eigenvalue weighted by atomic mass is 9.81. The lowest BCUT2D eigenvalue weighted by Gasteiger charge is -2.32. The van der Waals surface area contributed by atoms with Gasteiger partial charge in [-0.1, -0.05) is 70.4 Å². The number of allylic oxidation sites excluding steroid dienone is 2. The van der Waals surface area contributed by atoms with Crippen LogP contribution in [0.2, 0.25) is 0 Å². The van der Waals surface area contributed by atoms with Gasteiger partial charge in [-0.15, -0.1) is 0 Å². The number of carbonyl (C=O) groups excluding carboxylic acids is 3. The number of ketones is 3. The number of aliphatic hydroxyl groups is 3. The number of unbranched alkanes of at least 4 members (excludes halogenated alkanes) is 11. The highest BCUT2D eigenvalue weighted by Crippen LogP contribution is 2.21. The molecule has 0 heterocycles. The fourth-order valence-corrected chi connectivity index (χ4v) is 3.60. The zero-order valence-corrected chi connectivity index (χ0v) is 19.8. The Bertz CT molecular complexity index is 556. The Labute approximate surface area is 188 Å². The summed E-state index contributed by atoms with van der Waals surface area (Å²) in [6, 6.07) is 0. The summed E-state index contributed by atoms with van der Waals surface area (Å²) in [6.45, 7) is 4.15.